The minimum Gasteiger partial charge on any atom is -0.382 e. The van der Waals surface area contributed by atoms with Crippen LogP contribution >= 0.6 is 0 Å². The number of rotatable bonds is 2. The molecule has 0 unspecified atom stereocenters. The topological polar surface area (TPSA) is 63.6 Å². The normalized spacial score (nSPS) is 14.9. The van der Waals surface area contributed by atoms with E-state index in [1.54, 1.807) is 4.52 Å². The van der Waals surface area contributed by atoms with Crippen molar-refractivity contribution in [2.75, 3.05) is 18.8 Å². The summed E-state index contributed by atoms with van der Waals surface area (Å²) < 4.78 is 1.78. The summed E-state index contributed by atoms with van der Waals surface area (Å²) in [6.07, 6.45) is 5.31. The number of nitrogen functional groups attached to an aromatic ring is 1. The van der Waals surface area contributed by atoms with Crippen LogP contribution in [0.15, 0.2) is 48.7 Å². The number of carbonyl (C=O) groups is 1. The van der Waals surface area contributed by atoms with Gasteiger partial charge >= 0.3 is 0 Å². The molecule has 122 valence electrons. The number of hydrogen-bond donors (Lipinski definition) is 1. The molecular weight excluding hydrogens is 300 g/mol. The molecule has 1 saturated heterocycles. The summed E-state index contributed by atoms with van der Waals surface area (Å²) in [6.45, 7) is 1.74. The van der Waals surface area contributed by atoms with E-state index in [1.807, 2.05) is 53.6 Å². The zero-order valence-corrected chi connectivity index (χ0v) is 13.5. The summed E-state index contributed by atoms with van der Waals surface area (Å²) >= 11 is 0. The predicted molar refractivity (Wildman–Crippen MR) is 94.8 cm³/mol. The number of carbonyl (C=O) groups excluding carboxylic acids is 1. The number of benzene rings is 1. The van der Waals surface area contributed by atoms with Gasteiger partial charge in [-0.15, -0.1) is 0 Å². The highest BCUT2D eigenvalue weighted by atomic mass is 16.2. The van der Waals surface area contributed by atoms with Gasteiger partial charge in [-0.2, -0.15) is 5.10 Å². The lowest BCUT2D eigenvalue weighted by Gasteiger charge is -2.26. The Balaban J connectivity index is 1.64. The predicted octanol–water partition coefficient (Wildman–Crippen LogP) is 3.21. The van der Waals surface area contributed by atoms with Crippen LogP contribution in [-0.2, 0) is 0 Å². The van der Waals surface area contributed by atoms with Crippen molar-refractivity contribution in [3.63, 3.8) is 0 Å². The van der Waals surface area contributed by atoms with Gasteiger partial charge in [-0.25, -0.2) is 4.52 Å². The molecule has 5 heteroatoms. The smallest absolute Gasteiger partial charge is 0.253 e. The first-order valence-electron chi connectivity index (χ1n) is 8.36. The zero-order chi connectivity index (χ0) is 16.5. The molecule has 0 saturated carbocycles. The maximum atomic E-state index is 12.6. The molecule has 0 radical (unpaired) electrons. The fourth-order valence-electron chi connectivity index (χ4n) is 3.35. The lowest BCUT2D eigenvalue weighted by Crippen LogP contribution is -2.35. The van der Waals surface area contributed by atoms with Crippen molar-refractivity contribution in [3.05, 3.63) is 54.2 Å². The summed E-state index contributed by atoms with van der Waals surface area (Å²) in [5.41, 5.74) is 9.62. The minimum absolute atomic E-state index is 0.132. The molecular formula is C19H20N4O. The van der Waals surface area contributed by atoms with Crippen LogP contribution in [0.4, 0.5) is 5.82 Å². The molecule has 4 rings (SSSR count). The minimum atomic E-state index is 0.132. The summed E-state index contributed by atoms with van der Waals surface area (Å²) in [5.74, 6) is 0.632. The van der Waals surface area contributed by atoms with E-state index >= 15 is 0 Å². The Bertz CT molecular complexity index is 876. The molecule has 0 spiro atoms. The van der Waals surface area contributed by atoms with Crippen LogP contribution in [0.5, 0.6) is 0 Å². The maximum absolute atomic E-state index is 12.6. The van der Waals surface area contributed by atoms with Gasteiger partial charge in [-0.1, -0.05) is 18.2 Å². The van der Waals surface area contributed by atoms with Gasteiger partial charge in [0.25, 0.3) is 5.91 Å². The summed E-state index contributed by atoms with van der Waals surface area (Å²) in [6, 6.07) is 13.7. The average molecular weight is 320 g/mol. The Morgan fingerprint density at radius 1 is 1.04 bits per heavy atom. The Morgan fingerprint density at radius 2 is 1.79 bits per heavy atom. The molecule has 5 nitrogen and oxygen atoms in total. The van der Waals surface area contributed by atoms with E-state index in [4.69, 9.17) is 5.73 Å². The molecule has 3 aromatic rings. The molecule has 1 amide bonds. The van der Waals surface area contributed by atoms with Crippen molar-refractivity contribution >= 4 is 17.2 Å². The van der Waals surface area contributed by atoms with Crippen molar-refractivity contribution in [1.82, 2.24) is 14.5 Å². The van der Waals surface area contributed by atoms with Crippen LogP contribution in [0.1, 0.15) is 29.6 Å². The first-order chi connectivity index (χ1) is 11.7. The number of piperidine rings is 1. The SMILES string of the molecule is Nc1cc2c(-c3ccc(C(=O)N4CCCCC4)cc3)cccn2n1. The van der Waals surface area contributed by atoms with Crippen molar-refractivity contribution in [2.24, 2.45) is 0 Å². The molecule has 0 aliphatic carbocycles. The number of fused-ring (bicyclic) bond motifs is 1. The molecule has 1 fully saturated rings. The third-order valence-corrected chi connectivity index (χ3v) is 4.61. The van der Waals surface area contributed by atoms with E-state index in [9.17, 15) is 4.79 Å². The first kappa shape index (κ1) is 14.8. The van der Waals surface area contributed by atoms with Crippen molar-refractivity contribution < 1.29 is 4.79 Å². The maximum Gasteiger partial charge on any atom is 0.253 e. The molecule has 1 aromatic carbocycles. The van der Waals surface area contributed by atoms with Crippen molar-refractivity contribution in [1.29, 1.82) is 0 Å². The monoisotopic (exact) mass is 320 g/mol. The quantitative estimate of drug-likeness (QED) is 0.788. The molecule has 0 atom stereocenters. The van der Waals surface area contributed by atoms with Crippen LogP contribution in [0, 0.1) is 0 Å². The van der Waals surface area contributed by atoms with Crippen LogP contribution in [0.2, 0.25) is 0 Å². The van der Waals surface area contributed by atoms with Gasteiger partial charge in [-0.05, 0) is 43.0 Å². The molecule has 0 bridgehead atoms. The average Bonchev–Trinajstić information content (AvgIpc) is 3.02. The third kappa shape index (κ3) is 2.62. The van der Waals surface area contributed by atoms with E-state index < -0.39 is 0 Å². The Labute approximate surface area is 140 Å². The van der Waals surface area contributed by atoms with Gasteiger partial charge in [0.15, 0.2) is 0 Å². The second-order valence-corrected chi connectivity index (χ2v) is 6.25. The standard InChI is InChI=1S/C19H20N4O/c20-18-13-17-16(5-4-12-23(17)21-18)14-6-8-15(9-7-14)19(24)22-10-2-1-3-11-22/h4-9,12-13H,1-3,10-11H2,(H2,20,21). The number of anilines is 1. The third-order valence-electron chi connectivity index (χ3n) is 4.61. The largest absolute Gasteiger partial charge is 0.382 e. The van der Waals surface area contributed by atoms with Crippen LogP contribution in [-0.4, -0.2) is 33.5 Å². The van der Waals surface area contributed by atoms with E-state index in [2.05, 4.69) is 5.10 Å². The zero-order valence-electron chi connectivity index (χ0n) is 13.5. The summed E-state index contributed by atoms with van der Waals surface area (Å²) in [7, 11) is 0. The van der Waals surface area contributed by atoms with Gasteiger partial charge in [-0.3, -0.25) is 4.79 Å². The number of aromatic nitrogens is 2. The molecule has 1 aliphatic heterocycles. The lowest BCUT2D eigenvalue weighted by molar-refractivity contribution is 0.0724. The van der Waals surface area contributed by atoms with Gasteiger partial charge in [0.1, 0.15) is 5.82 Å². The van der Waals surface area contributed by atoms with Crippen molar-refractivity contribution in [3.8, 4) is 11.1 Å². The van der Waals surface area contributed by atoms with Gasteiger partial charge in [0.05, 0.1) is 5.52 Å². The van der Waals surface area contributed by atoms with E-state index in [-0.39, 0.29) is 5.91 Å². The Kier molecular flexibility index (Phi) is 3.69. The van der Waals surface area contributed by atoms with Gasteiger partial charge in [0, 0.05) is 36.5 Å². The molecule has 2 N–H and O–H groups in total. The summed E-state index contributed by atoms with van der Waals surface area (Å²) in [4.78, 5) is 14.5. The van der Waals surface area contributed by atoms with Crippen LogP contribution in [0.25, 0.3) is 16.6 Å². The Hall–Kier alpha value is -2.82. The molecule has 3 heterocycles. The number of nitrogens with zero attached hydrogens (tertiary/aromatic N) is 3. The summed E-state index contributed by atoms with van der Waals surface area (Å²) in [5, 5.41) is 4.24. The van der Waals surface area contributed by atoms with Gasteiger partial charge in [0.2, 0.25) is 0 Å². The fourth-order valence-corrected chi connectivity index (χ4v) is 3.35. The number of pyridine rings is 1. The second kappa shape index (κ2) is 6.00. The number of hydrogen-bond acceptors (Lipinski definition) is 3. The lowest BCUT2D eigenvalue weighted by atomic mass is 10.0. The first-order valence-corrected chi connectivity index (χ1v) is 8.36. The van der Waals surface area contributed by atoms with Crippen LogP contribution < -0.4 is 5.73 Å². The number of likely N-dealkylation sites (tertiary alicyclic amines) is 1. The molecule has 24 heavy (non-hydrogen) atoms. The second-order valence-electron chi connectivity index (χ2n) is 6.25. The highest BCUT2D eigenvalue weighted by Crippen LogP contribution is 2.26. The van der Waals surface area contributed by atoms with Crippen LogP contribution in [0.3, 0.4) is 0 Å². The van der Waals surface area contributed by atoms with E-state index in [0.717, 1.165) is 48.1 Å². The molecule has 2 aromatic heterocycles. The highest BCUT2D eigenvalue weighted by Gasteiger charge is 2.18. The van der Waals surface area contributed by atoms with Gasteiger partial charge < -0.3 is 10.6 Å². The van der Waals surface area contributed by atoms with E-state index in [0.29, 0.717) is 5.82 Å². The number of amides is 1. The fraction of sp³-hybridized carbons (Fsp3) is 0.263. The van der Waals surface area contributed by atoms with Crippen molar-refractivity contribution in [2.45, 2.75) is 19.3 Å². The molecule has 1 aliphatic rings. The Morgan fingerprint density at radius 3 is 2.54 bits per heavy atom. The van der Waals surface area contributed by atoms with E-state index in [1.165, 1.54) is 6.42 Å². The highest BCUT2D eigenvalue weighted by molar-refractivity contribution is 5.95. The number of nitrogens with two attached hydrogens (primary N) is 1.